The molecule has 0 amide bonds. The Morgan fingerprint density at radius 3 is 2.09 bits per heavy atom. The second kappa shape index (κ2) is 5.18. The number of alkyl halides is 3. The summed E-state index contributed by atoms with van der Waals surface area (Å²) in [5.41, 5.74) is 0.995. The van der Waals surface area contributed by atoms with Gasteiger partial charge in [-0.15, -0.1) is 0 Å². The summed E-state index contributed by atoms with van der Waals surface area (Å²) in [6.07, 6.45) is -2.25. The fourth-order valence-electron chi connectivity index (χ4n) is 1.95. The van der Waals surface area contributed by atoms with Gasteiger partial charge in [0.15, 0.2) is 0 Å². The van der Waals surface area contributed by atoms with Crippen LogP contribution in [0.3, 0.4) is 0 Å². The van der Waals surface area contributed by atoms with E-state index in [0.29, 0.717) is 11.3 Å². The Kier molecular flexibility index (Phi) is 3.32. The van der Waals surface area contributed by atoms with Crippen molar-refractivity contribution < 1.29 is 18.3 Å². The van der Waals surface area contributed by atoms with Crippen molar-refractivity contribution in [2.75, 3.05) is 0 Å². The van der Waals surface area contributed by atoms with Crippen molar-refractivity contribution in [3.8, 4) is 28.4 Å². The second-order valence-electron chi connectivity index (χ2n) is 4.62. The van der Waals surface area contributed by atoms with Crippen LogP contribution < -0.4 is 0 Å². The molecule has 22 heavy (non-hydrogen) atoms. The first-order chi connectivity index (χ1) is 10.4. The molecule has 2 heterocycles. The molecule has 3 rings (SSSR count). The number of hydrogen-bond acceptors (Lipinski definition) is 3. The van der Waals surface area contributed by atoms with E-state index in [2.05, 4.69) is 15.0 Å². The molecule has 112 valence electrons. The summed E-state index contributed by atoms with van der Waals surface area (Å²) < 4.78 is 37.6. The SMILES string of the molecule is Oc1ccc(-c2ccc(-c3ncc(C(F)(F)F)[nH]3)cn2)cc1. The number of imidazole rings is 1. The van der Waals surface area contributed by atoms with Crippen LogP contribution in [0.15, 0.2) is 48.8 Å². The van der Waals surface area contributed by atoms with Crippen molar-refractivity contribution in [3.05, 3.63) is 54.5 Å². The Morgan fingerprint density at radius 1 is 0.864 bits per heavy atom. The number of pyridine rings is 1. The third kappa shape index (κ3) is 2.78. The Hall–Kier alpha value is -2.83. The minimum Gasteiger partial charge on any atom is -0.508 e. The van der Waals surface area contributed by atoms with Crippen molar-refractivity contribution in [3.63, 3.8) is 0 Å². The largest absolute Gasteiger partial charge is 0.508 e. The number of halogens is 3. The number of phenols is 1. The number of nitrogens with zero attached hydrogens (tertiary/aromatic N) is 2. The summed E-state index contributed by atoms with van der Waals surface area (Å²) in [5.74, 6) is 0.257. The Labute approximate surface area is 123 Å². The van der Waals surface area contributed by atoms with E-state index in [0.717, 1.165) is 11.8 Å². The number of phenolic OH excluding ortho intramolecular Hbond substituents is 1. The quantitative estimate of drug-likeness (QED) is 0.755. The monoisotopic (exact) mass is 305 g/mol. The fraction of sp³-hybridized carbons (Fsp3) is 0.0667. The van der Waals surface area contributed by atoms with Crippen LogP contribution >= 0.6 is 0 Å². The summed E-state index contributed by atoms with van der Waals surface area (Å²) >= 11 is 0. The molecule has 0 spiro atoms. The van der Waals surface area contributed by atoms with Crippen LogP contribution in [0.5, 0.6) is 5.75 Å². The molecule has 4 nitrogen and oxygen atoms in total. The van der Waals surface area contributed by atoms with E-state index in [1.54, 1.807) is 24.3 Å². The summed E-state index contributed by atoms with van der Waals surface area (Å²) in [6, 6.07) is 9.78. The number of aromatic amines is 1. The van der Waals surface area contributed by atoms with Crippen LogP contribution in [-0.4, -0.2) is 20.1 Å². The van der Waals surface area contributed by atoms with Crippen molar-refractivity contribution in [2.45, 2.75) is 6.18 Å². The second-order valence-corrected chi connectivity index (χ2v) is 4.62. The molecule has 0 saturated heterocycles. The molecule has 0 bridgehead atoms. The lowest BCUT2D eigenvalue weighted by Crippen LogP contribution is -2.04. The molecule has 0 aliphatic rings. The summed E-state index contributed by atoms with van der Waals surface area (Å²) in [4.78, 5) is 10.1. The van der Waals surface area contributed by atoms with Gasteiger partial charge in [-0.3, -0.25) is 4.98 Å². The van der Waals surface area contributed by atoms with Crippen LogP contribution in [0.25, 0.3) is 22.6 Å². The lowest BCUT2D eigenvalue weighted by molar-refractivity contribution is -0.140. The van der Waals surface area contributed by atoms with E-state index in [4.69, 9.17) is 0 Å². The predicted octanol–water partition coefficient (Wildman–Crippen LogP) is 3.86. The van der Waals surface area contributed by atoms with E-state index in [9.17, 15) is 18.3 Å². The van der Waals surface area contributed by atoms with Gasteiger partial charge in [-0.25, -0.2) is 4.98 Å². The average Bonchev–Trinajstić information content (AvgIpc) is 2.98. The van der Waals surface area contributed by atoms with Gasteiger partial charge in [-0.05, 0) is 36.4 Å². The van der Waals surface area contributed by atoms with Crippen molar-refractivity contribution in [1.82, 2.24) is 15.0 Å². The Morgan fingerprint density at radius 2 is 1.55 bits per heavy atom. The molecule has 7 heteroatoms. The molecular formula is C15H10F3N3O. The molecule has 0 aliphatic heterocycles. The number of hydrogen-bond donors (Lipinski definition) is 2. The lowest BCUT2D eigenvalue weighted by atomic mass is 10.1. The van der Waals surface area contributed by atoms with Crippen molar-refractivity contribution in [2.24, 2.45) is 0 Å². The van der Waals surface area contributed by atoms with Crippen LogP contribution in [0, 0.1) is 0 Å². The zero-order chi connectivity index (χ0) is 15.7. The molecule has 0 atom stereocenters. The smallest absolute Gasteiger partial charge is 0.432 e. The fourth-order valence-corrected chi connectivity index (χ4v) is 1.95. The van der Waals surface area contributed by atoms with Gasteiger partial charge in [0, 0.05) is 17.3 Å². The number of aromatic nitrogens is 3. The van der Waals surface area contributed by atoms with Crippen LogP contribution in [0.1, 0.15) is 5.69 Å². The topological polar surface area (TPSA) is 61.8 Å². The van der Waals surface area contributed by atoms with Crippen LogP contribution in [-0.2, 0) is 6.18 Å². The summed E-state index contributed by atoms with van der Waals surface area (Å²) in [7, 11) is 0. The van der Waals surface area contributed by atoms with E-state index in [-0.39, 0.29) is 11.6 Å². The van der Waals surface area contributed by atoms with Crippen LogP contribution in [0.4, 0.5) is 13.2 Å². The summed E-state index contributed by atoms with van der Waals surface area (Å²) in [6.45, 7) is 0. The van der Waals surface area contributed by atoms with Gasteiger partial charge < -0.3 is 10.1 Å². The van der Waals surface area contributed by atoms with E-state index in [1.807, 2.05) is 0 Å². The number of H-pyrrole nitrogens is 1. The maximum atomic E-state index is 12.5. The standard InChI is InChI=1S/C15H10F3N3O/c16-15(17,18)13-8-20-14(21-13)10-3-6-12(19-7-10)9-1-4-11(22)5-2-9/h1-8,22H,(H,20,21). The zero-order valence-corrected chi connectivity index (χ0v) is 11.1. The third-order valence-corrected chi connectivity index (χ3v) is 3.08. The first kappa shape index (κ1) is 14.1. The van der Waals surface area contributed by atoms with Gasteiger partial charge in [0.1, 0.15) is 17.3 Å². The normalized spacial score (nSPS) is 11.6. The maximum Gasteiger partial charge on any atom is 0.432 e. The van der Waals surface area contributed by atoms with E-state index >= 15 is 0 Å². The summed E-state index contributed by atoms with van der Waals surface area (Å²) in [5, 5.41) is 9.24. The molecule has 0 saturated carbocycles. The predicted molar refractivity (Wildman–Crippen MR) is 73.9 cm³/mol. The molecule has 0 fully saturated rings. The lowest BCUT2D eigenvalue weighted by Gasteiger charge is -2.03. The molecule has 1 aromatic carbocycles. The molecule has 3 aromatic rings. The number of aromatic hydroxyl groups is 1. The molecule has 2 N–H and O–H groups in total. The highest BCUT2D eigenvalue weighted by Gasteiger charge is 2.33. The minimum absolute atomic E-state index is 0.108. The van der Waals surface area contributed by atoms with Crippen LogP contribution in [0.2, 0.25) is 0 Å². The maximum absolute atomic E-state index is 12.5. The molecule has 0 aliphatic carbocycles. The molecule has 2 aromatic heterocycles. The number of benzene rings is 1. The Bertz CT molecular complexity index is 777. The van der Waals surface area contributed by atoms with Gasteiger partial charge in [0.05, 0.1) is 11.9 Å². The first-order valence-electron chi connectivity index (χ1n) is 6.31. The number of rotatable bonds is 2. The zero-order valence-electron chi connectivity index (χ0n) is 11.1. The Balaban J connectivity index is 1.88. The highest BCUT2D eigenvalue weighted by atomic mass is 19.4. The van der Waals surface area contributed by atoms with Gasteiger partial charge in [-0.2, -0.15) is 13.2 Å². The highest BCUT2D eigenvalue weighted by molar-refractivity contribution is 5.63. The third-order valence-electron chi connectivity index (χ3n) is 3.08. The number of nitrogens with one attached hydrogen (secondary N) is 1. The van der Waals surface area contributed by atoms with E-state index < -0.39 is 11.9 Å². The van der Waals surface area contributed by atoms with Gasteiger partial charge in [0.2, 0.25) is 0 Å². The first-order valence-corrected chi connectivity index (χ1v) is 6.31. The minimum atomic E-state index is -4.45. The molecule has 0 unspecified atom stereocenters. The molecule has 0 radical (unpaired) electrons. The van der Waals surface area contributed by atoms with E-state index in [1.165, 1.54) is 18.3 Å². The van der Waals surface area contributed by atoms with Crippen molar-refractivity contribution in [1.29, 1.82) is 0 Å². The highest BCUT2D eigenvalue weighted by Crippen LogP contribution is 2.29. The van der Waals surface area contributed by atoms with Gasteiger partial charge in [-0.1, -0.05) is 0 Å². The molecular weight excluding hydrogens is 295 g/mol. The van der Waals surface area contributed by atoms with Gasteiger partial charge in [0.25, 0.3) is 0 Å². The average molecular weight is 305 g/mol. The van der Waals surface area contributed by atoms with Gasteiger partial charge >= 0.3 is 6.18 Å². The van der Waals surface area contributed by atoms with Crippen molar-refractivity contribution >= 4 is 0 Å².